The molecule has 0 nitrogen and oxygen atoms in total. The maximum atomic E-state index is 2.39. The van der Waals surface area contributed by atoms with E-state index in [0.717, 1.165) is 19.3 Å². The zero-order valence-electron chi connectivity index (χ0n) is 22.0. The van der Waals surface area contributed by atoms with E-state index >= 15 is 0 Å². The minimum absolute atomic E-state index is 0.914. The minimum atomic E-state index is 0.914. The molecule has 0 fully saturated rings. The Hall–Kier alpha value is -4.68. The van der Waals surface area contributed by atoms with Crippen LogP contribution in [0.5, 0.6) is 0 Å². The third-order valence-corrected chi connectivity index (χ3v) is 8.07. The van der Waals surface area contributed by atoms with E-state index in [9.17, 15) is 0 Å². The van der Waals surface area contributed by atoms with Crippen molar-refractivity contribution in [2.45, 2.75) is 19.3 Å². The van der Waals surface area contributed by atoms with Crippen molar-refractivity contribution >= 4 is 16.8 Å². The van der Waals surface area contributed by atoms with Gasteiger partial charge in [0.2, 0.25) is 0 Å². The molecule has 0 atom stereocenters. The number of hydrogen-bond donors (Lipinski definition) is 0. The van der Waals surface area contributed by atoms with Crippen LogP contribution in [0.4, 0.5) is 0 Å². The van der Waals surface area contributed by atoms with Crippen molar-refractivity contribution in [3.8, 4) is 33.4 Å². The molecule has 0 saturated carbocycles. The van der Waals surface area contributed by atoms with Crippen LogP contribution in [-0.4, -0.2) is 0 Å². The molecule has 186 valence electrons. The van der Waals surface area contributed by atoms with Gasteiger partial charge in [-0.2, -0.15) is 0 Å². The van der Waals surface area contributed by atoms with Gasteiger partial charge in [-0.05, 0) is 85.7 Å². The predicted octanol–water partition coefficient (Wildman–Crippen LogP) is 10.2. The van der Waals surface area contributed by atoms with E-state index in [1.807, 2.05) is 0 Å². The van der Waals surface area contributed by atoms with Crippen molar-refractivity contribution in [2.75, 3.05) is 0 Å². The molecule has 5 aromatic rings. The Morgan fingerprint density at radius 3 is 1.59 bits per heavy atom. The molecular formula is C39H30. The highest BCUT2D eigenvalue weighted by Crippen LogP contribution is 2.46. The number of allylic oxidation sites excluding steroid dienone is 7. The highest BCUT2D eigenvalue weighted by Gasteiger charge is 2.23. The van der Waals surface area contributed by atoms with Crippen molar-refractivity contribution < 1.29 is 0 Å². The van der Waals surface area contributed by atoms with Crippen LogP contribution in [0.3, 0.4) is 0 Å². The van der Waals surface area contributed by atoms with Crippen LogP contribution >= 0.6 is 0 Å². The second-order valence-electron chi connectivity index (χ2n) is 10.3. The Bertz CT molecular complexity index is 1790. The van der Waals surface area contributed by atoms with Gasteiger partial charge in [0.15, 0.2) is 0 Å². The Morgan fingerprint density at radius 1 is 0.385 bits per heavy atom. The Kier molecular flexibility index (Phi) is 6.15. The van der Waals surface area contributed by atoms with Gasteiger partial charge in [-0.1, -0.05) is 146 Å². The molecule has 0 aliphatic heterocycles. The summed E-state index contributed by atoms with van der Waals surface area (Å²) in [5, 5.41) is 2.66. The van der Waals surface area contributed by atoms with E-state index in [-0.39, 0.29) is 0 Å². The van der Waals surface area contributed by atoms with Gasteiger partial charge in [-0.15, -0.1) is 0 Å². The zero-order chi connectivity index (χ0) is 26.0. The average Bonchev–Trinajstić information content (AvgIpc) is 3.24. The molecule has 0 N–H and O–H groups in total. The van der Waals surface area contributed by atoms with Crippen LogP contribution in [0.2, 0.25) is 0 Å². The van der Waals surface area contributed by atoms with E-state index in [1.54, 1.807) is 0 Å². The van der Waals surface area contributed by atoms with Crippen molar-refractivity contribution in [3.63, 3.8) is 0 Å². The molecule has 7 rings (SSSR count). The first kappa shape index (κ1) is 23.4. The van der Waals surface area contributed by atoms with Crippen LogP contribution in [0, 0.1) is 0 Å². The van der Waals surface area contributed by atoms with Gasteiger partial charge in [0.1, 0.15) is 0 Å². The largest absolute Gasteiger partial charge is 0.0801 e. The minimum Gasteiger partial charge on any atom is -0.0801 e. The van der Waals surface area contributed by atoms with E-state index < -0.39 is 0 Å². The SMILES string of the molecule is C1=CCc2c(-c3c4c(c(-c5ccccc5)c5ccccc35)C/C=C\C=C/C4)ccc(-c3ccccc3)c2C=C1. The van der Waals surface area contributed by atoms with Gasteiger partial charge >= 0.3 is 0 Å². The summed E-state index contributed by atoms with van der Waals surface area (Å²) in [5.41, 5.74) is 13.6. The smallest absolute Gasteiger partial charge is 0.00637 e. The molecule has 2 aliphatic carbocycles. The van der Waals surface area contributed by atoms with Gasteiger partial charge in [-0.3, -0.25) is 0 Å². The van der Waals surface area contributed by atoms with Crippen molar-refractivity contribution in [2.24, 2.45) is 0 Å². The quantitative estimate of drug-likeness (QED) is 0.232. The third-order valence-electron chi connectivity index (χ3n) is 8.07. The van der Waals surface area contributed by atoms with E-state index in [1.165, 1.54) is 66.4 Å². The van der Waals surface area contributed by atoms with Gasteiger partial charge in [-0.25, -0.2) is 0 Å². The summed E-state index contributed by atoms with van der Waals surface area (Å²) in [6.45, 7) is 0. The van der Waals surface area contributed by atoms with Crippen LogP contribution in [0.1, 0.15) is 22.3 Å². The van der Waals surface area contributed by atoms with E-state index in [4.69, 9.17) is 0 Å². The number of fused-ring (bicyclic) bond motifs is 3. The number of hydrogen-bond acceptors (Lipinski definition) is 0. The highest BCUT2D eigenvalue weighted by molar-refractivity contribution is 6.09. The van der Waals surface area contributed by atoms with E-state index in [0.29, 0.717) is 0 Å². The predicted molar refractivity (Wildman–Crippen MR) is 168 cm³/mol. The molecule has 0 aromatic heterocycles. The Morgan fingerprint density at radius 2 is 0.897 bits per heavy atom. The lowest BCUT2D eigenvalue weighted by molar-refractivity contribution is 1.15. The Labute approximate surface area is 231 Å². The number of benzene rings is 5. The fraction of sp³-hybridized carbons (Fsp3) is 0.0769. The monoisotopic (exact) mass is 498 g/mol. The molecule has 0 radical (unpaired) electrons. The first-order valence-electron chi connectivity index (χ1n) is 13.9. The molecule has 0 spiro atoms. The maximum absolute atomic E-state index is 2.39. The molecule has 0 unspecified atom stereocenters. The molecular weight excluding hydrogens is 468 g/mol. The molecule has 0 amide bonds. The molecule has 0 saturated heterocycles. The lowest BCUT2D eigenvalue weighted by atomic mass is 9.78. The van der Waals surface area contributed by atoms with Crippen LogP contribution in [0.15, 0.2) is 140 Å². The zero-order valence-corrected chi connectivity index (χ0v) is 22.0. The lowest BCUT2D eigenvalue weighted by Gasteiger charge is -2.25. The molecule has 0 bridgehead atoms. The van der Waals surface area contributed by atoms with Crippen molar-refractivity contribution in [1.82, 2.24) is 0 Å². The van der Waals surface area contributed by atoms with Crippen molar-refractivity contribution in [3.05, 3.63) is 162 Å². The summed E-state index contributed by atoms with van der Waals surface area (Å²) in [6, 6.07) is 35.5. The highest BCUT2D eigenvalue weighted by atomic mass is 14.3. The summed E-state index contributed by atoms with van der Waals surface area (Å²) < 4.78 is 0. The van der Waals surface area contributed by atoms with Crippen LogP contribution in [0.25, 0.3) is 50.2 Å². The van der Waals surface area contributed by atoms with Gasteiger partial charge < -0.3 is 0 Å². The second-order valence-corrected chi connectivity index (χ2v) is 10.3. The summed E-state index contributed by atoms with van der Waals surface area (Å²) >= 11 is 0. The standard InChI is InChI=1S/C39H30/c1-2-11-23-35-33(22-10-1)38(29-18-8-4-9-19-29)34-24-14-15-25-36(34)39(35)37-27-26-30(28-16-6-3-7-17-28)31-20-12-5-13-21-32(31)37/h1-20,24-27H,21-23H2/b10-1-,11-2-. The summed E-state index contributed by atoms with van der Waals surface area (Å²) in [5.74, 6) is 0. The van der Waals surface area contributed by atoms with Crippen LogP contribution < -0.4 is 0 Å². The lowest BCUT2D eigenvalue weighted by Crippen LogP contribution is -2.05. The third kappa shape index (κ3) is 4.19. The maximum Gasteiger partial charge on any atom is -0.00637 e. The fourth-order valence-corrected chi connectivity index (χ4v) is 6.36. The molecule has 0 heterocycles. The van der Waals surface area contributed by atoms with Gasteiger partial charge in [0.25, 0.3) is 0 Å². The van der Waals surface area contributed by atoms with Gasteiger partial charge in [0.05, 0.1) is 0 Å². The second kappa shape index (κ2) is 10.2. The first-order chi connectivity index (χ1) is 19.4. The van der Waals surface area contributed by atoms with Crippen molar-refractivity contribution in [1.29, 1.82) is 0 Å². The fourth-order valence-electron chi connectivity index (χ4n) is 6.36. The summed E-state index contributed by atoms with van der Waals surface area (Å²) in [6.07, 6.45) is 20.8. The normalized spacial score (nSPS) is 15.6. The molecule has 39 heavy (non-hydrogen) atoms. The summed E-state index contributed by atoms with van der Waals surface area (Å²) in [7, 11) is 0. The Balaban J connectivity index is 1.59. The summed E-state index contributed by atoms with van der Waals surface area (Å²) in [4.78, 5) is 0. The molecule has 5 aromatic carbocycles. The van der Waals surface area contributed by atoms with E-state index in [2.05, 4.69) is 146 Å². The first-order valence-corrected chi connectivity index (χ1v) is 13.9. The van der Waals surface area contributed by atoms with Gasteiger partial charge in [0, 0.05) is 0 Å². The molecule has 2 aliphatic rings. The van der Waals surface area contributed by atoms with Crippen LogP contribution in [-0.2, 0) is 19.3 Å². The molecule has 0 heteroatoms. The topological polar surface area (TPSA) is 0 Å². The average molecular weight is 499 g/mol. The number of rotatable bonds is 3.